The molecule has 0 aromatic heterocycles. The van der Waals surface area contributed by atoms with Crippen molar-refractivity contribution in [1.82, 2.24) is 0 Å². The van der Waals surface area contributed by atoms with Gasteiger partial charge in [0.05, 0.1) is 0 Å². The summed E-state index contributed by atoms with van der Waals surface area (Å²) in [5.41, 5.74) is 2.02. The Labute approximate surface area is 160 Å². The molecule has 2 N–H and O–H groups in total. The van der Waals surface area contributed by atoms with Crippen molar-refractivity contribution in [1.29, 1.82) is 0 Å². The lowest BCUT2D eigenvalue weighted by Crippen LogP contribution is -2.27. The maximum atomic E-state index is 12.3. The number of hydrogen-bond acceptors (Lipinski definition) is 2. The maximum absolute atomic E-state index is 12.3. The summed E-state index contributed by atoms with van der Waals surface area (Å²) in [5.74, 6) is -0.146. The molecule has 3 heteroatoms. The topological polar surface area (TPSA) is 49.3 Å². The quantitative estimate of drug-likeness (QED) is 0.596. The molecule has 3 nitrogen and oxygen atoms in total. The van der Waals surface area contributed by atoms with Crippen molar-refractivity contribution in [3.63, 3.8) is 0 Å². The van der Waals surface area contributed by atoms with Gasteiger partial charge in [0.15, 0.2) is 0 Å². The van der Waals surface area contributed by atoms with E-state index in [-0.39, 0.29) is 5.91 Å². The summed E-state index contributed by atoms with van der Waals surface area (Å²) in [5, 5.41) is 14.3. The van der Waals surface area contributed by atoms with E-state index in [1.165, 1.54) is 0 Å². The van der Waals surface area contributed by atoms with Crippen LogP contribution in [0.5, 0.6) is 0 Å². The normalized spacial score (nSPS) is 13.0. The average molecular weight is 359 g/mol. The van der Waals surface area contributed by atoms with Crippen LogP contribution in [0.2, 0.25) is 0 Å². The largest absolute Gasteiger partial charge is 0.380 e. The molecular formula is C24H25NO2. The van der Waals surface area contributed by atoms with Crippen LogP contribution >= 0.6 is 0 Å². The summed E-state index contributed by atoms with van der Waals surface area (Å²) in [7, 11) is 0. The van der Waals surface area contributed by atoms with Gasteiger partial charge in [-0.3, -0.25) is 4.79 Å². The number of carbonyl (C=O) groups is 1. The number of nitrogens with one attached hydrogen (secondary N) is 1. The van der Waals surface area contributed by atoms with Crippen LogP contribution in [0, 0.1) is 0 Å². The summed E-state index contributed by atoms with van der Waals surface area (Å²) < 4.78 is 0. The van der Waals surface area contributed by atoms with E-state index < -0.39 is 5.60 Å². The first-order chi connectivity index (χ1) is 13.1. The van der Waals surface area contributed by atoms with E-state index in [2.05, 4.69) is 12.2 Å². The molecular weight excluding hydrogens is 334 g/mol. The van der Waals surface area contributed by atoms with E-state index in [1.807, 2.05) is 72.8 Å². The Bertz CT molecular complexity index is 860. The summed E-state index contributed by atoms with van der Waals surface area (Å²) in [6, 6.07) is 26.3. The SMILES string of the molecule is CCCCC(O)(c1ccccc1)c1ccc(NC(=O)c2ccccc2)cc1. The van der Waals surface area contributed by atoms with Crippen molar-refractivity contribution in [3.05, 3.63) is 102 Å². The first-order valence-electron chi connectivity index (χ1n) is 9.38. The highest BCUT2D eigenvalue weighted by Crippen LogP contribution is 2.35. The number of hydrogen-bond donors (Lipinski definition) is 2. The van der Waals surface area contributed by atoms with Crippen LogP contribution < -0.4 is 5.32 Å². The number of unbranched alkanes of at least 4 members (excludes halogenated alkanes) is 1. The minimum Gasteiger partial charge on any atom is -0.380 e. The smallest absolute Gasteiger partial charge is 0.255 e. The first-order valence-corrected chi connectivity index (χ1v) is 9.38. The van der Waals surface area contributed by atoms with Crippen molar-refractivity contribution in [3.8, 4) is 0 Å². The molecule has 0 heterocycles. The van der Waals surface area contributed by atoms with Crippen LogP contribution in [0.4, 0.5) is 5.69 Å². The fourth-order valence-electron chi connectivity index (χ4n) is 3.22. The maximum Gasteiger partial charge on any atom is 0.255 e. The number of anilines is 1. The lowest BCUT2D eigenvalue weighted by molar-refractivity contribution is 0.0685. The number of benzene rings is 3. The third-order valence-electron chi connectivity index (χ3n) is 4.80. The van der Waals surface area contributed by atoms with Gasteiger partial charge in [-0.05, 0) is 41.8 Å². The molecule has 1 atom stereocenters. The summed E-state index contributed by atoms with van der Waals surface area (Å²) in [6.45, 7) is 2.12. The Balaban J connectivity index is 1.82. The molecule has 0 spiro atoms. The second kappa shape index (κ2) is 8.65. The van der Waals surface area contributed by atoms with E-state index in [0.29, 0.717) is 17.7 Å². The molecule has 0 bridgehead atoms. The van der Waals surface area contributed by atoms with Crippen LogP contribution in [0.25, 0.3) is 0 Å². The predicted octanol–water partition coefficient (Wildman–Crippen LogP) is 5.37. The van der Waals surface area contributed by atoms with Gasteiger partial charge in [0.2, 0.25) is 0 Å². The monoisotopic (exact) mass is 359 g/mol. The van der Waals surface area contributed by atoms with Gasteiger partial charge in [-0.25, -0.2) is 0 Å². The molecule has 3 aromatic rings. The summed E-state index contributed by atoms with van der Waals surface area (Å²) in [6.07, 6.45) is 2.60. The van der Waals surface area contributed by atoms with Crippen molar-refractivity contribution < 1.29 is 9.90 Å². The molecule has 3 rings (SSSR count). The van der Waals surface area contributed by atoms with Gasteiger partial charge in [-0.1, -0.05) is 80.4 Å². The summed E-state index contributed by atoms with van der Waals surface area (Å²) in [4.78, 5) is 12.3. The van der Waals surface area contributed by atoms with Crippen LogP contribution in [0.15, 0.2) is 84.9 Å². The van der Waals surface area contributed by atoms with E-state index in [1.54, 1.807) is 12.1 Å². The molecule has 0 saturated carbocycles. The lowest BCUT2D eigenvalue weighted by Gasteiger charge is -2.29. The number of aliphatic hydroxyl groups is 1. The molecule has 0 saturated heterocycles. The Morgan fingerprint density at radius 3 is 2.00 bits per heavy atom. The predicted molar refractivity (Wildman–Crippen MR) is 110 cm³/mol. The Kier molecular flexibility index (Phi) is 6.05. The zero-order valence-electron chi connectivity index (χ0n) is 15.6. The molecule has 1 amide bonds. The molecule has 27 heavy (non-hydrogen) atoms. The molecule has 0 aliphatic heterocycles. The van der Waals surface area contributed by atoms with Gasteiger partial charge < -0.3 is 10.4 Å². The molecule has 138 valence electrons. The lowest BCUT2D eigenvalue weighted by atomic mass is 9.82. The minimum atomic E-state index is -1.03. The van der Waals surface area contributed by atoms with Crippen molar-refractivity contribution in [2.45, 2.75) is 31.8 Å². The zero-order chi connectivity index (χ0) is 19.1. The number of rotatable bonds is 7. The number of amides is 1. The fourth-order valence-corrected chi connectivity index (χ4v) is 3.22. The van der Waals surface area contributed by atoms with Crippen LogP contribution in [0.1, 0.15) is 47.7 Å². The Morgan fingerprint density at radius 1 is 0.852 bits per heavy atom. The van der Waals surface area contributed by atoms with E-state index >= 15 is 0 Å². The molecule has 0 aliphatic rings. The molecule has 0 aliphatic carbocycles. The number of carbonyl (C=O) groups excluding carboxylic acids is 1. The third-order valence-corrected chi connectivity index (χ3v) is 4.80. The summed E-state index contributed by atoms with van der Waals surface area (Å²) >= 11 is 0. The van der Waals surface area contributed by atoms with Crippen LogP contribution in [0.3, 0.4) is 0 Å². The Morgan fingerprint density at radius 2 is 1.41 bits per heavy atom. The van der Waals surface area contributed by atoms with Crippen LogP contribution in [-0.2, 0) is 5.60 Å². The first kappa shape index (κ1) is 18.9. The van der Waals surface area contributed by atoms with E-state index in [0.717, 1.165) is 24.0 Å². The van der Waals surface area contributed by atoms with Gasteiger partial charge >= 0.3 is 0 Å². The van der Waals surface area contributed by atoms with E-state index in [4.69, 9.17) is 0 Å². The highest BCUT2D eigenvalue weighted by molar-refractivity contribution is 6.04. The van der Waals surface area contributed by atoms with Crippen molar-refractivity contribution in [2.24, 2.45) is 0 Å². The molecule has 0 fully saturated rings. The zero-order valence-corrected chi connectivity index (χ0v) is 15.6. The van der Waals surface area contributed by atoms with Crippen molar-refractivity contribution >= 4 is 11.6 Å². The molecule has 1 unspecified atom stereocenters. The fraction of sp³-hybridized carbons (Fsp3) is 0.208. The van der Waals surface area contributed by atoms with Gasteiger partial charge in [-0.15, -0.1) is 0 Å². The highest BCUT2D eigenvalue weighted by Gasteiger charge is 2.30. The second-order valence-electron chi connectivity index (χ2n) is 6.73. The average Bonchev–Trinajstić information content (AvgIpc) is 2.74. The molecule has 3 aromatic carbocycles. The van der Waals surface area contributed by atoms with Crippen LogP contribution in [-0.4, -0.2) is 11.0 Å². The van der Waals surface area contributed by atoms with Gasteiger partial charge in [0.1, 0.15) is 5.60 Å². The van der Waals surface area contributed by atoms with Gasteiger partial charge in [0.25, 0.3) is 5.91 Å². The second-order valence-corrected chi connectivity index (χ2v) is 6.73. The Hall–Kier alpha value is -2.91. The van der Waals surface area contributed by atoms with Gasteiger partial charge in [0, 0.05) is 11.3 Å². The highest BCUT2D eigenvalue weighted by atomic mass is 16.3. The minimum absolute atomic E-state index is 0.146. The third kappa shape index (κ3) is 4.44. The van der Waals surface area contributed by atoms with E-state index in [9.17, 15) is 9.90 Å². The van der Waals surface area contributed by atoms with Gasteiger partial charge in [-0.2, -0.15) is 0 Å². The van der Waals surface area contributed by atoms with Crippen molar-refractivity contribution in [2.75, 3.05) is 5.32 Å². The molecule has 0 radical (unpaired) electrons. The standard InChI is InChI=1S/C24H25NO2/c1-2-3-18-24(27,20-12-8-5-9-13-20)21-14-16-22(17-15-21)25-23(26)19-10-6-4-7-11-19/h4-17,27H,2-3,18H2,1H3,(H,25,26).